The molecule has 1 amide bonds. The highest BCUT2D eigenvalue weighted by Gasteiger charge is 2.49. The number of rotatable bonds is 4. The molecule has 0 radical (unpaired) electrons. The summed E-state index contributed by atoms with van der Waals surface area (Å²) in [6.07, 6.45) is 4.16. The monoisotopic (exact) mass is 357 g/mol. The first-order valence-electron chi connectivity index (χ1n) is 8.85. The molecule has 0 saturated carbocycles. The van der Waals surface area contributed by atoms with Crippen molar-refractivity contribution in [2.45, 2.75) is 37.8 Å². The third kappa shape index (κ3) is 3.04. The Labute approximate surface area is 152 Å². The second-order valence-electron chi connectivity index (χ2n) is 6.75. The SMILES string of the molecule is Cc1ncccc1OC1(C(=O)N2CC[C@@H]2c2cccs2)CCNCC1. The molecule has 132 valence electrons. The molecule has 0 unspecified atom stereocenters. The van der Waals surface area contributed by atoms with Crippen LogP contribution < -0.4 is 10.1 Å². The van der Waals surface area contributed by atoms with Crippen molar-refractivity contribution >= 4 is 17.2 Å². The van der Waals surface area contributed by atoms with E-state index < -0.39 is 5.60 Å². The number of likely N-dealkylation sites (tertiary alicyclic amines) is 1. The first-order chi connectivity index (χ1) is 12.2. The van der Waals surface area contributed by atoms with Crippen molar-refractivity contribution in [2.75, 3.05) is 19.6 Å². The highest BCUT2D eigenvalue weighted by atomic mass is 32.1. The van der Waals surface area contributed by atoms with Crippen molar-refractivity contribution in [2.24, 2.45) is 0 Å². The molecule has 2 aromatic heterocycles. The second-order valence-corrected chi connectivity index (χ2v) is 7.73. The highest BCUT2D eigenvalue weighted by molar-refractivity contribution is 7.10. The van der Waals surface area contributed by atoms with Gasteiger partial charge in [0, 0.05) is 30.5 Å². The van der Waals surface area contributed by atoms with Crippen LogP contribution >= 0.6 is 11.3 Å². The minimum absolute atomic E-state index is 0.127. The van der Waals surface area contributed by atoms with Gasteiger partial charge < -0.3 is 15.0 Å². The Balaban J connectivity index is 1.60. The molecule has 2 fully saturated rings. The molecule has 4 rings (SSSR count). The third-order valence-corrected chi connectivity index (χ3v) is 6.19. The average molecular weight is 357 g/mol. The maximum atomic E-state index is 13.5. The van der Waals surface area contributed by atoms with Crippen LogP contribution in [0.2, 0.25) is 0 Å². The molecule has 2 aliphatic rings. The van der Waals surface area contributed by atoms with Crippen molar-refractivity contribution in [3.8, 4) is 5.75 Å². The van der Waals surface area contributed by atoms with E-state index in [1.165, 1.54) is 4.88 Å². The number of pyridine rings is 1. The fraction of sp³-hybridized carbons (Fsp3) is 0.474. The molecule has 6 heteroatoms. The van der Waals surface area contributed by atoms with E-state index in [1.54, 1.807) is 17.5 Å². The van der Waals surface area contributed by atoms with E-state index in [-0.39, 0.29) is 11.9 Å². The second kappa shape index (κ2) is 6.77. The molecular formula is C19H23N3O2S. The summed E-state index contributed by atoms with van der Waals surface area (Å²) >= 11 is 1.72. The van der Waals surface area contributed by atoms with Gasteiger partial charge in [-0.25, -0.2) is 0 Å². The molecule has 1 N–H and O–H groups in total. The molecular weight excluding hydrogens is 334 g/mol. The van der Waals surface area contributed by atoms with Gasteiger partial charge in [0.15, 0.2) is 5.60 Å². The first-order valence-corrected chi connectivity index (χ1v) is 9.73. The molecule has 0 bridgehead atoms. The van der Waals surface area contributed by atoms with E-state index in [1.807, 2.05) is 24.0 Å². The van der Waals surface area contributed by atoms with Crippen molar-refractivity contribution in [3.63, 3.8) is 0 Å². The van der Waals surface area contributed by atoms with Crippen LogP contribution in [0.25, 0.3) is 0 Å². The molecule has 25 heavy (non-hydrogen) atoms. The molecule has 2 saturated heterocycles. The predicted molar refractivity (Wildman–Crippen MR) is 97.8 cm³/mol. The van der Waals surface area contributed by atoms with Crippen molar-refractivity contribution < 1.29 is 9.53 Å². The maximum absolute atomic E-state index is 13.5. The number of nitrogens with zero attached hydrogens (tertiary/aromatic N) is 2. The van der Waals surface area contributed by atoms with Gasteiger partial charge in [0.1, 0.15) is 5.75 Å². The maximum Gasteiger partial charge on any atom is 0.267 e. The van der Waals surface area contributed by atoms with E-state index in [4.69, 9.17) is 4.74 Å². The predicted octanol–water partition coefficient (Wildman–Crippen LogP) is 2.93. The number of aryl methyl sites for hydroxylation is 1. The lowest BCUT2D eigenvalue weighted by atomic mass is 9.87. The molecule has 0 aliphatic carbocycles. The number of nitrogens with one attached hydrogen (secondary N) is 1. The zero-order chi connectivity index (χ0) is 17.3. The molecule has 1 atom stereocenters. The largest absolute Gasteiger partial charge is 0.475 e. The summed E-state index contributed by atoms with van der Waals surface area (Å²) in [6, 6.07) is 8.15. The van der Waals surface area contributed by atoms with Gasteiger partial charge in [0.2, 0.25) is 0 Å². The number of hydrogen-bond donors (Lipinski definition) is 1. The summed E-state index contributed by atoms with van der Waals surface area (Å²) in [4.78, 5) is 21.1. The smallest absolute Gasteiger partial charge is 0.267 e. The first kappa shape index (κ1) is 16.5. The van der Waals surface area contributed by atoms with Crippen LogP contribution in [0.5, 0.6) is 5.75 Å². The lowest BCUT2D eigenvalue weighted by Crippen LogP contribution is -2.61. The summed E-state index contributed by atoms with van der Waals surface area (Å²) in [5.74, 6) is 0.841. The number of carbonyl (C=O) groups excluding carboxylic acids is 1. The molecule has 0 spiro atoms. The van der Waals surface area contributed by atoms with Gasteiger partial charge in [-0.2, -0.15) is 0 Å². The highest BCUT2D eigenvalue weighted by Crippen LogP contribution is 2.40. The average Bonchev–Trinajstić information content (AvgIpc) is 3.10. The number of hydrogen-bond acceptors (Lipinski definition) is 5. The molecule has 2 aliphatic heterocycles. The Morgan fingerprint density at radius 3 is 2.84 bits per heavy atom. The van der Waals surface area contributed by atoms with Gasteiger partial charge in [-0.1, -0.05) is 6.07 Å². The lowest BCUT2D eigenvalue weighted by Gasteiger charge is -2.47. The fourth-order valence-corrected chi connectivity index (χ4v) is 4.52. The Bertz CT molecular complexity index is 741. The Morgan fingerprint density at radius 1 is 1.36 bits per heavy atom. The van der Waals surface area contributed by atoms with Gasteiger partial charge in [-0.15, -0.1) is 11.3 Å². The van der Waals surface area contributed by atoms with Crippen LogP contribution in [0.15, 0.2) is 35.8 Å². The van der Waals surface area contributed by atoms with Crippen LogP contribution in [0, 0.1) is 6.92 Å². The minimum Gasteiger partial charge on any atom is -0.475 e. The number of carbonyl (C=O) groups is 1. The van der Waals surface area contributed by atoms with Gasteiger partial charge in [0.25, 0.3) is 5.91 Å². The van der Waals surface area contributed by atoms with Crippen LogP contribution in [-0.2, 0) is 4.79 Å². The van der Waals surface area contributed by atoms with Gasteiger partial charge in [0.05, 0.1) is 11.7 Å². The quantitative estimate of drug-likeness (QED) is 0.914. The lowest BCUT2D eigenvalue weighted by molar-refractivity contribution is -0.159. The topological polar surface area (TPSA) is 54.5 Å². The van der Waals surface area contributed by atoms with E-state index in [0.29, 0.717) is 18.6 Å². The summed E-state index contributed by atoms with van der Waals surface area (Å²) in [5.41, 5.74) is 0.0428. The standard InChI is InChI=1S/C19H23N3O2S/c1-14-16(4-2-9-21-14)24-19(7-10-20-11-8-19)18(23)22-12-6-15(22)17-5-3-13-25-17/h2-5,9,13,15,20H,6-8,10-12H2,1H3/t15-/m1/s1. The molecule has 4 heterocycles. The van der Waals surface area contributed by atoms with Crippen molar-refractivity contribution in [1.82, 2.24) is 15.2 Å². The fourth-order valence-electron chi connectivity index (χ4n) is 3.65. The zero-order valence-corrected chi connectivity index (χ0v) is 15.2. The summed E-state index contributed by atoms with van der Waals surface area (Å²) in [6.45, 7) is 4.32. The van der Waals surface area contributed by atoms with E-state index in [9.17, 15) is 4.79 Å². The number of ether oxygens (including phenoxy) is 1. The number of amides is 1. The van der Waals surface area contributed by atoms with Gasteiger partial charge >= 0.3 is 0 Å². The van der Waals surface area contributed by atoms with Gasteiger partial charge in [-0.05, 0) is 50.0 Å². The van der Waals surface area contributed by atoms with Crippen LogP contribution in [0.4, 0.5) is 0 Å². The van der Waals surface area contributed by atoms with Crippen LogP contribution in [0.3, 0.4) is 0 Å². The van der Waals surface area contributed by atoms with E-state index in [2.05, 4.69) is 27.8 Å². The molecule has 2 aromatic rings. The van der Waals surface area contributed by atoms with Crippen molar-refractivity contribution in [1.29, 1.82) is 0 Å². The normalized spacial score (nSPS) is 22.3. The van der Waals surface area contributed by atoms with E-state index in [0.717, 1.165) is 31.7 Å². The summed E-state index contributed by atoms with van der Waals surface area (Å²) < 4.78 is 6.37. The minimum atomic E-state index is -0.783. The number of piperidine rings is 1. The number of aromatic nitrogens is 1. The van der Waals surface area contributed by atoms with Crippen LogP contribution in [-0.4, -0.2) is 41.0 Å². The van der Waals surface area contributed by atoms with Crippen molar-refractivity contribution in [3.05, 3.63) is 46.4 Å². The zero-order valence-electron chi connectivity index (χ0n) is 14.4. The molecule has 0 aromatic carbocycles. The third-order valence-electron chi connectivity index (χ3n) is 5.22. The Morgan fingerprint density at radius 2 is 2.20 bits per heavy atom. The Kier molecular flexibility index (Phi) is 4.48. The Hall–Kier alpha value is -1.92. The van der Waals surface area contributed by atoms with Gasteiger partial charge in [-0.3, -0.25) is 9.78 Å². The van der Waals surface area contributed by atoms with E-state index >= 15 is 0 Å². The van der Waals surface area contributed by atoms with Crippen LogP contribution in [0.1, 0.15) is 35.9 Å². The summed E-state index contributed by atoms with van der Waals surface area (Å²) in [7, 11) is 0. The number of thiophene rings is 1. The summed E-state index contributed by atoms with van der Waals surface area (Å²) in [5, 5.41) is 5.42. The molecule has 5 nitrogen and oxygen atoms in total.